The molecule has 2 unspecified atom stereocenters. The summed E-state index contributed by atoms with van der Waals surface area (Å²) < 4.78 is 0. The Hall–Kier alpha value is -0.120. The van der Waals surface area contributed by atoms with Crippen molar-refractivity contribution in [3.05, 3.63) is 0 Å². The largest absolute Gasteiger partial charge is 0.389 e. The molecule has 0 amide bonds. The van der Waals surface area contributed by atoms with Crippen LogP contribution in [0.5, 0.6) is 0 Å². The number of hydrogen-bond acceptors (Lipinski definition) is 3. The van der Waals surface area contributed by atoms with Crippen LogP contribution in [0.15, 0.2) is 0 Å². The number of likely N-dealkylation sites (N-methyl/N-ethyl adjacent to an activating group) is 2. The van der Waals surface area contributed by atoms with Gasteiger partial charge < -0.3 is 10.0 Å². The molecular formula is C12H26N2O. The topological polar surface area (TPSA) is 26.7 Å². The molecule has 1 aliphatic rings. The summed E-state index contributed by atoms with van der Waals surface area (Å²) in [7, 11) is 4.31. The van der Waals surface area contributed by atoms with Gasteiger partial charge in [0.1, 0.15) is 0 Å². The second-order valence-corrected chi connectivity index (χ2v) is 5.32. The van der Waals surface area contributed by atoms with Gasteiger partial charge in [0.25, 0.3) is 0 Å². The molecule has 1 fully saturated rings. The van der Waals surface area contributed by atoms with Crippen LogP contribution >= 0.6 is 0 Å². The molecule has 1 rings (SSSR count). The highest BCUT2D eigenvalue weighted by Gasteiger charge is 2.26. The summed E-state index contributed by atoms with van der Waals surface area (Å²) in [5.74, 6) is 0. The Bertz CT molecular complexity index is 194. The molecule has 1 heterocycles. The molecule has 0 radical (unpaired) electrons. The van der Waals surface area contributed by atoms with Crippen LogP contribution in [0.1, 0.15) is 33.1 Å². The average molecular weight is 214 g/mol. The molecule has 0 aromatic heterocycles. The van der Waals surface area contributed by atoms with E-state index in [1.165, 1.54) is 19.4 Å². The summed E-state index contributed by atoms with van der Waals surface area (Å²) in [6.07, 6.45) is 3.36. The Kier molecular flexibility index (Phi) is 4.56. The van der Waals surface area contributed by atoms with Crippen molar-refractivity contribution in [2.24, 2.45) is 0 Å². The predicted octanol–water partition coefficient (Wildman–Crippen LogP) is 1.17. The number of rotatable bonds is 4. The number of hydrogen-bond donors (Lipinski definition) is 1. The van der Waals surface area contributed by atoms with Crippen LogP contribution in [0, 0.1) is 0 Å². The van der Waals surface area contributed by atoms with Gasteiger partial charge in [0.15, 0.2) is 0 Å². The van der Waals surface area contributed by atoms with Crippen molar-refractivity contribution >= 4 is 0 Å². The molecule has 90 valence electrons. The van der Waals surface area contributed by atoms with Gasteiger partial charge in [0.2, 0.25) is 0 Å². The van der Waals surface area contributed by atoms with Gasteiger partial charge in [0, 0.05) is 19.1 Å². The van der Waals surface area contributed by atoms with Crippen molar-refractivity contribution in [1.29, 1.82) is 0 Å². The predicted molar refractivity (Wildman–Crippen MR) is 64.1 cm³/mol. The Morgan fingerprint density at radius 2 is 2.20 bits per heavy atom. The highest BCUT2D eigenvalue weighted by Crippen LogP contribution is 2.17. The number of piperidine rings is 1. The van der Waals surface area contributed by atoms with Crippen LogP contribution < -0.4 is 0 Å². The number of likely N-dealkylation sites (tertiary alicyclic amines) is 1. The molecule has 2 atom stereocenters. The van der Waals surface area contributed by atoms with Crippen molar-refractivity contribution < 1.29 is 5.11 Å². The first-order chi connectivity index (χ1) is 6.94. The summed E-state index contributed by atoms with van der Waals surface area (Å²) in [6.45, 7) is 7.10. The lowest BCUT2D eigenvalue weighted by Gasteiger charge is -2.38. The average Bonchev–Trinajstić information content (AvgIpc) is 2.17. The molecule has 15 heavy (non-hydrogen) atoms. The Morgan fingerprint density at radius 1 is 1.53 bits per heavy atom. The smallest absolute Gasteiger partial charge is 0.0743 e. The van der Waals surface area contributed by atoms with Crippen LogP contribution in [-0.4, -0.2) is 60.3 Å². The zero-order valence-electron chi connectivity index (χ0n) is 10.7. The minimum Gasteiger partial charge on any atom is -0.389 e. The summed E-state index contributed by atoms with van der Waals surface area (Å²) in [5.41, 5.74) is -0.537. The van der Waals surface area contributed by atoms with Crippen LogP contribution in [0.3, 0.4) is 0 Å². The van der Waals surface area contributed by atoms with E-state index in [-0.39, 0.29) is 0 Å². The highest BCUT2D eigenvalue weighted by molar-refractivity contribution is 4.82. The standard InChI is InChI=1S/C12H26N2O/c1-5-12(2,15)10-14(4)11-7-6-8-13(3)9-11/h11,15H,5-10H2,1-4H3. The summed E-state index contributed by atoms with van der Waals surface area (Å²) >= 11 is 0. The van der Waals surface area contributed by atoms with Gasteiger partial charge in [0.05, 0.1) is 5.60 Å². The quantitative estimate of drug-likeness (QED) is 0.761. The maximum absolute atomic E-state index is 10.0. The zero-order chi connectivity index (χ0) is 11.5. The van der Waals surface area contributed by atoms with Crippen LogP contribution in [0.2, 0.25) is 0 Å². The van der Waals surface area contributed by atoms with E-state index in [2.05, 4.69) is 23.9 Å². The van der Waals surface area contributed by atoms with E-state index in [0.29, 0.717) is 6.04 Å². The molecule has 1 saturated heterocycles. The van der Waals surface area contributed by atoms with Gasteiger partial charge in [-0.3, -0.25) is 4.90 Å². The first kappa shape index (κ1) is 12.9. The summed E-state index contributed by atoms with van der Waals surface area (Å²) in [5, 5.41) is 10.0. The van der Waals surface area contributed by atoms with Crippen molar-refractivity contribution in [3.8, 4) is 0 Å². The molecule has 1 aliphatic heterocycles. The molecule has 0 saturated carbocycles. The summed E-state index contributed by atoms with van der Waals surface area (Å²) in [4.78, 5) is 4.70. The summed E-state index contributed by atoms with van der Waals surface area (Å²) in [6, 6.07) is 0.613. The van der Waals surface area contributed by atoms with Crippen molar-refractivity contribution in [1.82, 2.24) is 9.80 Å². The van der Waals surface area contributed by atoms with Gasteiger partial charge >= 0.3 is 0 Å². The Balaban J connectivity index is 2.42. The van der Waals surface area contributed by atoms with Gasteiger partial charge in [-0.1, -0.05) is 6.92 Å². The molecule has 0 aromatic carbocycles. The number of nitrogens with zero attached hydrogens (tertiary/aromatic N) is 2. The van der Waals surface area contributed by atoms with Crippen molar-refractivity contribution in [2.45, 2.75) is 44.8 Å². The molecule has 0 spiro atoms. The maximum Gasteiger partial charge on any atom is 0.0743 e. The van der Waals surface area contributed by atoms with E-state index >= 15 is 0 Å². The molecule has 1 N–H and O–H groups in total. The van der Waals surface area contributed by atoms with E-state index in [0.717, 1.165) is 19.5 Å². The lowest BCUT2D eigenvalue weighted by molar-refractivity contribution is 0.00213. The lowest BCUT2D eigenvalue weighted by atomic mass is 9.99. The first-order valence-corrected chi connectivity index (χ1v) is 6.06. The van der Waals surface area contributed by atoms with Gasteiger partial charge in [-0.25, -0.2) is 0 Å². The minimum atomic E-state index is -0.537. The Labute approximate surface area is 94.1 Å². The second-order valence-electron chi connectivity index (χ2n) is 5.32. The fraction of sp³-hybridized carbons (Fsp3) is 1.00. The molecule has 3 nitrogen and oxygen atoms in total. The monoisotopic (exact) mass is 214 g/mol. The van der Waals surface area contributed by atoms with Gasteiger partial charge in [-0.15, -0.1) is 0 Å². The van der Waals surface area contributed by atoms with E-state index in [1.54, 1.807) is 0 Å². The van der Waals surface area contributed by atoms with E-state index < -0.39 is 5.60 Å². The third-order valence-electron chi connectivity index (χ3n) is 3.57. The lowest BCUT2D eigenvalue weighted by Crippen LogP contribution is -2.49. The first-order valence-electron chi connectivity index (χ1n) is 6.06. The molecule has 0 aliphatic carbocycles. The number of aliphatic hydroxyl groups is 1. The zero-order valence-corrected chi connectivity index (χ0v) is 10.7. The van der Waals surface area contributed by atoms with E-state index in [1.807, 2.05) is 13.8 Å². The molecule has 0 aromatic rings. The minimum absolute atomic E-state index is 0.537. The fourth-order valence-electron chi connectivity index (χ4n) is 2.28. The van der Waals surface area contributed by atoms with E-state index in [9.17, 15) is 5.11 Å². The normalized spacial score (nSPS) is 28.0. The van der Waals surface area contributed by atoms with Crippen LogP contribution in [0.4, 0.5) is 0 Å². The second kappa shape index (κ2) is 5.28. The molecular weight excluding hydrogens is 188 g/mol. The Morgan fingerprint density at radius 3 is 2.73 bits per heavy atom. The molecule has 0 bridgehead atoms. The van der Waals surface area contributed by atoms with Crippen LogP contribution in [-0.2, 0) is 0 Å². The SMILES string of the molecule is CCC(C)(O)CN(C)C1CCCN(C)C1. The van der Waals surface area contributed by atoms with Gasteiger partial charge in [-0.05, 0) is 46.8 Å². The van der Waals surface area contributed by atoms with Crippen LogP contribution in [0.25, 0.3) is 0 Å². The van der Waals surface area contributed by atoms with Crippen molar-refractivity contribution in [3.63, 3.8) is 0 Å². The third-order valence-corrected chi connectivity index (χ3v) is 3.57. The molecule has 3 heteroatoms. The third kappa shape index (κ3) is 4.09. The maximum atomic E-state index is 10.0. The van der Waals surface area contributed by atoms with Crippen molar-refractivity contribution in [2.75, 3.05) is 33.7 Å². The van der Waals surface area contributed by atoms with Gasteiger partial charge in [-0.2, -0.15) is 0 Å². The van der Waals surface area contributed by atoms with E-state index in [4.69, 9.17) is 0 Å². The highest BCUT2D eigenvalue weighted by atomic mass is 16.3. The fourth-order valence-corrected chi connectivity index (χ4v) is 2.28.